The van der Waals surface area contributed by atoms with Crippen molar-refractivity contribution in [3.05, 3.63) is 65.7 Å². The SMILES string of the molecule is COc1ccccc1CNC(=O)c1nc(C(=O)NCCC(C)C)n2ccccc12. The third-order valence-corrected chi connectivity index (χ3v) is 4.61. The Hall–Kier alpha value is -3.35. The van der Waals surface area contributed by atoms with Gasteiger partial charge in [0, 0.05) is 24.8 Å². The maximum Gasteiger partial charge on any atom is 0.287 e. The van der Waals surface area contributed by atoms with Crippen LogP contribution in [0.25, 0.3) is 5.52 Å². The number of para-hydroxylation sites is 1. The fraction of sp³-hybridized carbons (Fsp3) is 0.318. The predicted octanol–water partition coefficient (Wildman–Crippen LogP) is 3.05. The summed E-state index contributed by atoms with van der Waals surface area (Å²) in [6.07, 6.45) is 2.61. The molecule has 0 fully saturated rings. The standard InChI is InChI=1S/C22H26N4O3/c1-15(2)11-12-23-22(28)20-25-19(17-9-6-7-13-26(17)20)21(27)24-14-16-8-4-5-10-18(16)29-3/h4-10,13,15H,11-12,14H2,1-3H3,(H,23,28)(H,24,27). The molecule has 3 rings (SSSR count). The van der Waals surface area contributed by atoms with Crippen LogP contribution in [-0.2, 0) is 6.54 Å². The fourth-order valence-electron chi connectivity index (χ4n) is 3.03. The highest BCUT2D eigenvalue weighted by Gasteiger charge is 2.21. The molecule has 0 bridgehead atoms. The molecule has 3 aromatic rings. The number of carbonyl (C=O) groups is 2. The van der Waals surface area contributed by atoms with Crippen LogP contribution in [0.2, 0.25) is 0 Å². The van der Waals surface area contributed by atoms with E-state index >= 15 is 0 Å². The number of carbonyl (C=O) groups excluding carboxylic acids is 2. The van der Waals surface area contributed by atoms with E-state index in [-0.39, 0.29) is 23.3 Å². The summed E-state index contributed by atoms with van der Waals surface area (Å²) in [5.41, 5.74) is 1.66. The van der Waals surface area contributed by atoms with Crippen LogP contribution in [0.5, 0.6) is 5.75 Å². The summed E-state index contributed by atoms with van der Waals surface area (Å²) in [4.78, 5) is 29.8. The highest BCUT2D eigenvalue weighted by atomic mass is 16.5. The van der Waals surface area contributed by atoms with E-state index in [1.165, 1.54) is 0 Å². The molecule has 2 aromatic heterocycles. The zero-order chi connectivity index (χ0) is 20.8. The molecule has 0 aliphatic carbocycles. The van der Waals surface area contributed by atoms with Gasteiger partial charge in [-0.25, -0.2) is 4.98 Å². The van der Waals surface area contributed by atoms with Crippen LogP contribution in [0.4, 0.5) is 0 Å². The van der Waals surface area contributed by atoms with Gasteiger partial charge in [0.05, 0.1) is 12.6 Å². The molecule has 0 spiro atoms. The number of hydrogen-bond donors (Lipinski definition) is 2. The average molecular weight is 394 g/mol. The highest BCUT2D eigenvalue weighted by molar-refractivity contribution is 6.02. The van der Waals surface area contributed by atoms with E-state index < -0.39 is 0 Å². The van der Waals surface area contributed by atoms with Crippen LogP contribution < -0.4 is 15.4 Å². The number of nitrogens with one attached hydrogen (secondary N) is 2. The van der Waals surface area contributed by atoms with Gasteiger partial charge in [-0.1, -0.05) is 38.1 Å². The minimum atomic E-state index is -0.346. The normalized spacial score (nSPS) is 10.9. The van der Waals surface area contributed by atoms with Crippen molar-refractivity contribution in [2.24, 2.45) is 5.92 Å². The van der Waals surface area contributed by atoms with Gasteiger partial charge in [-0.2, -0.15) is 0 Å². The quantitative estimate of drug-likeness (QED) is 0.615. The molecule has 0 radical (unpaired) electrons. The number of pyridine rings is 1. The van der Waals surface area contributed by atoms with Crippen molar-refractivity contribution in [3.63, 3.8) is 0 Å². The molecule has 2 amide bonds. The number of imidazole rings is 1. The first-order valence-corrected chi connectivity index (χ1v) is 9.66. The van der Waals surface area contributed by atoms with E-state index in [1.54, 1.807) is 29.8 Å². The minimum absolute atomic E-state index is 0.201. The van der Waals surface area contributed by atoms with E-state index in [9.17, 15) is 9.59 Å². The topological polar surface area (TPSA) is 84.7 Å². The zero-order valence-corrected chi connectivity index (χ0v) is 16.9. The molecule has 0 aliphatic heterocycles. The van der Waals surface area contributed by atoms with Crippen molar-refractivity contribution >= 4 is 17.3 Å². The molecule has 152 valence electrons. The van der Waals surface area contributed by atoms with Crippen molar-refractivity contribution in [2.45, 2.75) is 26.8 Å². The highest BCUT2D eigenvalue weighted by Crippen LogP contribution is 2.18. The van der Waals surface area contributed by atoms with E-state index in [0.717, 1.165) is 12.0 Å². The van der Waals surface area contributed by atoms with Gasteiger partial charge in [0.25, 0.3) is 11.8 Å². The number of aromatic nitrogens is 2. The van der Waals surface area contributed by atoms with E-state index in [2.05, 4.69) is 29.5 Å². The van der Waals surface area contributed by atoms with Gasteiger partial charge in [-0.15, -0.1) is 0 Å². The van der Waals surface area contributed by atoms with E-state index in [4.69, 9.17) is 4.74 Å². The van der Waals surface area contributed by atoms with Crippen LogP contribution in [-0.4, -0.2) is 34.9 Å². The molecule has 0 saturated heterocycles. The lowest BCUT2D eigenvalue weighted by molar-refractivity contribution is 0.0941. The van der Waals surface area contributed by atoms with Gasteiger partial charge in [0.2, 0.25) is 5.82 Å². The molecule has 1 aromatic carbocycles. The van der Waals surface area contributed by atoms with E-state index in [1.807, 2.05) is 30.3 Å². The third-order valence-electron chi connectivity index (χ3n) is 4.61. The molecule has 7 nitrogen and oxygen atoms in total. The molecule has 7 heteroatoms. The Balaban J connectivity index is 1.80. The second-order valence-electron chi connectivity index (χ2n) is 7.17. The Morgan fingerprint density at radius 2 is 1.83 bits per heavy atom. The molecule has 29 heavy (non-hydrogen) atoms. The summed E-state index contributed by atoms with van der Waals surface area (Å²) in [6, 6.07) is 12.9. The van der Waals surface area contributed by atoms with Crippen LogP contribution in [0.15, 0.2) is 48.7 Å². The second-order valence-corrected chi connectivity index (χ2v) is 7.17. The number of methoxy groups -OCH3 is 1. The predicted molar refractivity (Wildman–Crippen MR) is 111 cm³/mol. The minimum Gasteiger partial charge on any atom is -0.496 e. The zero-order valence-electron chi connectivity index (χ0n) is 16.9. The maximum atomic E-state index is 12.8. The molecule has 2 N–H and O–H groups in total. The molecular formula is C22H26N4O3. The number of fused-ring (bicyclic) bond motifs is 1. The van der Waals surface area contributed by atoms with Gasteiger partial charge in [0.1, 0.15) is 5.75 Å². The molecule has 0 aliphatic rings. The number of nitrogens with zero attached hydrogens (tertiary/aromatic N) is 2. The number of amides is 2. The number of benzene rings is 1. The monoisotopic (exact) mass is 394 g/mol. The molecule has 2 heterocycles. The summed E-state index contributed by atoms with van der Waals surface area (Å²) in [5.74, 6) is 0.750. The Morgan fingerprint density at radius 3 is 2.59 bits per heavy atom. The van der Waals surface area contributed by atoms with Crippen molar-refractivity contribution in [2.75, 3.05) is 13.7 Å². The largest absolute Gasteiger partial charge is 0.496 e. The van der Waals surface area contributed by atoms with Crippen LogP contribution in [0, 0.1) is 5.92 Å². The summed E-state index contributed by atoms with van der Waals surface area (Å²) in [7, 11) is 1.59. The van der Waals surface area contributed by atoms with Crippen molar-refractivity contribution in [3.8, 4) is 5.75 Å². The third kappa shape index (κ3) is 4.74. The van der Waals surface area contributed by atoms with Crippen LogP contribution in [0.3, 0.4) is 0 Å². The number of hydrogen-bond acceptors (Lipinski definition) is 4. The summed E-state index contributed by atoms with van der Waals surface area (Å²) >= 11 is 0. The van der Waals surface area contributed by atoms with Gasteiger partial charge in [-0.3, -0.25) is 14.0 Å². The van der Waals surface area contributed by atoms with Gasteiger partial charge in [-0.05, 0) is 30.5 Å². The van der Waals surface area contributed by atoms with Crippen molar-refractivity contribution in [1.82, 2.24) is 20.0 Å². The van der Waals surface area contributed by atoms with Crippen molar-refractivity contribution in [1.29, 1.82) is 0 Å². The van der Waals surface area contributed by atoms with E-state index in [0.29, 0.717) is 30.3 Å². The second kappa shape index (κ2) is 9.23. The summed E-state index contributed by atoms with van der Waals surface area (Å²) in [5, 5.41) is 5.74. The summed E-state index contributed by atoms with van der Waals surface area (Å²) < 4.78 is 6.96. The van der Waals surface area contributed by atoms with Gasteiger partial charge >= 0.3 is 0 Å². The molecule has 0 unspecified atom stereocenters. The lowest BCUT2D eigenvalue weighted by Crippen LogP contribution is -2.27. The van der Waals surface area contributed by atoms with Gasteiger partial charge < -0.3 is 15.4 Å². The first-order chi connectivity index (χ1) is 14.0. The van der Waals surface area contributed by atoms with Crippen LogP contribution in [0.1, 0.15) is 46.9 Å². The Kier molecular flexibility index (Phi) is 6.49. The Bertz CT molecular complexity index is 1010. The Morgan fingerprint density at radius 1 is 1.07 bits per heavy atom. The fourth-order valence-corrected chi connectivity index (χ4v) is 3.03. The maximum absolute atomic E-state index is 12.8. The average Bonchev–Trinajstić information content (AvgIpc) is 3.12. The van der Waals surface area contributed by atoms with Crippen LogP contribution >= 0.6 is 0 Å². The molecular weight excluding hydrogens is 368 g/mol. The molecule has 0 atom stereocenters. The number of rotatable bonds is 8. The first kappa shape index (κ1) is 20.4. The number of ether oxygens (including phenoxy) is 1. The lowest BCUT2D eigenvalue weighted by atomic mass is 10.1. The van der Waals surface area contributed by atoms with Crippen molar-refractivity contribution < 1.29 is 14.3 Å². The summed E-state index contributed by atoms with van der Waals surface area (Å²) in [6.45, 7) is 5.06. The van der Waals surface area contributed by atoms with Gasteiger partial charge in [0.15, 0.2) is 5.69 Å². The lowest BCUT2D eigenvalue weighted by Gasteiger charge is -2.08. The Labute approximate surface area is 170 Å². The molecule has 0 saturated carbocycles. The first-order valence-electron chi connectivity index (χ1n) is 9.66. The smallest absolute Gasteiger partial charge is 0.287 e.